The second kappa shape index (κ2) is 7.24. The normalized spacial score (nSPS) is 36.5. The Bertz CT molecular complexity index is 805. The van der Waals surface area contributed by atoms with E-state index in [2.05, 4.69) is 23.0 Å². The third-order valence-electron chi connectivity index (χ3n) is 7.33. The molecule has 0 bridgehead atoms. The van der Waals surface area contributed by atoms with Gasteiger partial charge in [0.1, 0.15) is 17.6 Å². The maximum absolute atomic E-state index is 13.0. The number of carbonyl (C=O) groups is 5. The Morgan fingerprint density at radius 2 is 1.67 bits per heavy atom. The number of imide groups is 2. The number of amides is 7. The molecule has 3 N–H and O–H groups in total. The molecule has 0 aromatic rings. The van der Waals surface area contributed by atoms with Crippen molar-refractivity contribution in [1.29, 1.82) is 0 Å². The van der Waals surface area contributed by atoms with Crippen LogP contribution in [-0.4, -0.2) is 57.3 Å². The van der Waals surface area contributed by atoms with Crippen molar-refractivity contribution in [3.05, 3.63) is 0 Å². The molecule has 7 amide bonds. The Hall–Kier alpha value is -2.65. The second-order valence-electron chi connectivity index (χ2n) is 9.31. The van der Waals surface area contributed by atoms with E-state index in [-0.39, 0.29) is 5.92 Å². The van der Waals surface area contributed by atoms with Gasteiger partial charge in [-0.2, -0.15) is 5.01 Å². The molecule has 2 heterocycles. The minimum atomic E-state index is -0.973. The highest BCUT2D eigenvalue weighted by atomic mass is 16.2. The van der Waals surface area contributed by atoms with Crippen molar-refractivity contribution in [3.63, 3.8) is 0 Å². The molecule has 0 aromatic carbocycles. The third kappa shape index (κ3) is 3.13. The number of carbonyl (C=O) groups excluding carboxylic acids is 5. The molecule has 10 nitrogen and oxygen atoms in total. The predicted octanol–water partition coefficient (Wildman–Crippen LogP) is 1.02. The number of rotatable bonds is 3. The van der Waals surface area contributed by atoms with Gasteiger partial charge in [-0.3, -0.25) is 24.7 Å². The van der Waals surface area contributed by atoms with Crippen LogP contribution >= 0.6 is 0 Å². The van der Waals surface area contributed by atoms with E-state index in [1.165, 1.54) is 0 Å². The van der Waals surface area contributed by atoms with Crippen LogP contribution in [0.4, 0.5) is 9.59 Å². The molecule has 2 saturated carbocycles. The van der Waals surface area contributed by atoms with Gasteiger partial charge >= 0.3 is 12.1 Å². The van der Waals surface area contributed by atoms with E-state index in [9.17, 15) is 24.0 Å². The summed E-state index contributed by atoms with van der Waals surface area (Å²) in [5.74, 6) is -1.19. The summed E-state index contributed by atoms with van der Waals surface area (Å²) in [5.41, 5.74) is 0.359. The Morgan fingerprint density at radius 3 is 2.33 bits per heavy atom. The molecule has 2 aliphatic carbocycles. The van der Waals surface area contributed by atoms with Crippen LogP contribution in [-0.2, 0) is 14.4 Å². The van der Waals surface area contributed by atoms with Gasteiger partial charge in [0.05, 0.1) is 0 Å². The van der Waals surface area contributed by atoms with Crippen LogP contribution in [0.15, 0.2) is 0 Å². The minimum absolute atomic E-state index is 0.0183. The van der Waals surface area contributed by atoms with E-state index in [0.29, 0.717) is 30.2 Å². The monoisotopic (exact) mass is 419 g/mol. The van der Waals surface area contributed by atoms with E-state index in [0.717, 1.165) is 37.0 Å². The Balaban J connectivity index is 1.41. The fourth-order valence-corrected chi connectivity index (χ4v) is 5.26. The van der Waals surface area contributed by atoms with Gasteiger partial charge in [-0.25, -0.2) is 9.59 Å². The lowest BCUT2D eigenvalue weighted by molar-refractivity contribution is -0.142. The summed E-state index contributed by atoms with van der Waals surface area (Å²) < 4.78 is 0. The predicted molar refractivity (Wildman–Crippen MR) is 104 cm³/mol. The summed E-state index contributed by atoms with van der Waals surface area (Å²) in [6.45, 7) is 3.49. The quantitative estimate of drug-likeness (QED) is 0.589. The number of urea groups is 2. The molecule has 4 fully saturated rings. The summed E-state index contributed by atoms with van der Waals surface area (Å²) >= 11 is 0. The van der Waals surface area contributed by atoms with E-state index in [1.807, 2.05) is 6.92 Å². The molecule has 2 saturated heterocycles. The molecule has 2 aliphatic heterocycles. The third-order valence-corrected chi connectivity index (χ3v) is 7.33. The van der Waals surface area contributed by atoms with Crippen LogP contribution < -0.4 is 16.1 Å². The fourth-order valence-electron chi connectivity index (χ4n) is 5.26. The van der Waals surface area contributed by atoms with Crippen molar-refractivity contribution in [1.82, 2.24) is 26.0 Å². The summed E-state index contributed by atoms with van der Waals surface area (Å²) in [7, 11) is 0. The molecular weight excluding hydrogens is 390 g/mol. The van der Waals surface area contributed by atoms with Gasteiger partial charge in [0.25, 0.3) is 17.7 Å². The van der Waals surface area contributed by atoms with Gasteiger partial charge in [0.15, 0.2) is 0 Å². The average Bonchev–Trinajstić information content (AvgIpc) is 3.07. The fraction of sp³-hybridized carbons (Fsp3) is 0.750. The minimum Gasteiger partial charge on any atom is -0.323 e. The summed E-state index contributed by atoms with van der Waals surface area (Å²) in [6.07, 6.45) is 5.89. The van der Waals surface area contributed by atoms with Crippen LogP contribution in [0.2, 0.25) is 0 Å². The summed E-state index contributed by atoms with van der Waals surface area (Å²) in [6, 6.07) is -1.30. The molecule has 4 aliphatic rings. The number of hydrazine groups is 1. The molecule has 2 unspecified atom stereocenters. The maximum Gasteiger partial charge on any atom is 0.344 e. The number of nitrogens with zero attached hydrogens (tertiary/aromatic N) is 2. The number of hydrogen-bond acceptors (Lipinski definition) is 5. The first-order chi connectivity index (χ1) is 14.2. The van der Waals surface area contributed by atoms with E-state index in [1.54, 1.807) is 0 Å². The van der Waals surface area contributed by atoms with Gasteiger partial charge in [-0.1, -0.05) is 26.7 Å². The smallest absolute Gasteiger partial charge is 0.323 e. The number of nitrogens with one attached hydrogen (secondary N) is 3. The molecule has 0 aromatic heterocycles. The van der Waals surface area contributed by atoms with Crippen LogP contribution in [0.25, 0.3) is 0 Å². The molecule has 0 radical (unpaired) electrons. The van der Waals surface area contributed by atoms with Crippen molar-refractivity contribution in [2.75, 3.05) is 6.54 Å². The highest BCUT2D eigenvalue weighted by Gasteiger charge is 2.56. The molecule has 2 atom stereocenters. The van der Waals surface area contributed by atoms with Crippen molar-refractivity contribution in [2.45, 2.75) is 76.3 Å². The molecule has 10 heteroatoms. The zero-order chi connectivity index (χ0) is 21.7. The van der Waals surface area contributed by atoms with Crippen molar-refractivity contribution in [3.8, 4) is 0 Å². The largest absolute Gasteiger partial charge is 0.344 e. The second-order valence-corrected chi connectivity index (χ2v) is 9.31. The van der Waals surface area contributed by atoms with Crippen LogP contribution in [0.1, 0.15) is 65.2 Å². The maximum atomic E-state index is 13.0. The van der Waals surface area contributed by atoms with E-state index in [4.69, 9.17) is 0 Å². The molecule has 30 heavy (non-hydrogen) atoms. The lowest BCUT2D eigenvalue weighted by Crippen LogP contribution is -2.55. The SMILES string of the molecule is CC1CCC2(CC1)NC(=O)N(NC(=O)CN1C(=O)NC3(CCCCC3C)C1=O)C2=O. The van der Waals surface area contributed by atoms with Gasteiger partial charge in [0.2, 0.25) is 0 Å². The van der Waals surface area contributed by atoms with E-state index >= 15 is 0 Å². The Morgan fingerprint density at radius 1 is 0.967 bits per heavy atom. The zero-order valence-electron chi connectivity index (χ0n) is 17.5. The van der Waals surface area contributed by atoms with E-state index < -0.39 is 47.4 Å². The lowest BCUT2D eigenvalue weighted by Gasteiger charge is -2.36. The van der Waals surface area contributed by atoms with Crippen molar-refractivity contribution in [2.24, 2.45) is 11.8 Å². The highest BCUT2D eigenvalue weighted by Crippen LogP contribution is 2.38. The number of hydrogen-bond donors (Lipinski definition) is 3. The standard InChI is InChI=1S/C20H29N5O5/c1-12-6-9-19(10-7-12)15(27)25(18(30)21-19)23-14(26)11-24-16(28)20(22-17(24)29)8-4-3-5-13(20)2/h12-13H,3-11H2,1-2H3,(H,21,30)(H,22,29)(H,23,26). The molecule has 4 rings (SSSR count). The zero-order valence-corrected chi connectivity index (χ0v) is 17.5. The van der Waals surface area contributed by atoms with Crippen molar-refractivity contribution < 1.29 is 24.0 Å². The molecule has 164 valence electrons. The highest BCUT2D eigenvalue weighted by molar-refractivity contribution is 6.10. The lowest BCUT2D eigenvalue weighted by atomic mass is 9.73. The van der Waals surface area contributed by atoms with Crippen LogP contribution in [0, 0.1) is 11.8 Å². The van der Waals surface area contributed by atoms with Gasteiger partial charge in [-0.15, -0.1) is 0 Å². The van der Waals surface area contributed by atoms with Crippen molar-refractivity contribution >= 4 is 29.8 Å². The first-order valence-electron chi connectivity index (χ1n) is 10.8. The topological polar surface area (TPSA) is 128 Å². The van der Waals surface area contributed by atoms with Gasteiger partial charge in [-0.05, 0) is 50.4 Å². The Kier molecular flexibility index (Phi) is 4.98. The summed E-state index contributed by atoms with van der Waals surface area (Å²) in [5, 5.41) is 6.20. The van der Waals surface area contributed by atoms with Gasteiger partial charge < -0.3 is 10.6 Å². The Labute approximate surface area is 175 Å². The molecule has 2 spiro atoms. The average molecular weight is 419 g/mol. The van der Waals surface area contributed by atoms with Crippen LogP contribution in [0.3, 0.4) is 0 Å². The van der Waals surface area contributed by atoms with Crippen LogP contribution in [0.5, 0.6) is 0 Å². The summed E-state index contributed by atoms with van der Waals surface area (Å²) in [4.78, 5) is 64.0. The van der Waals surface area contributed by atoms with Gasteiger partial charge in [0, 0.05) is 0 Å². The first kappa shape index (κ1) is 20.6. The molecular formula is C20H29N5O5. The first-order valence-corrected chi connectivity index (χ1v) is 10.8.